The lowest BCUT2D eigenvalue weighted by Crippen LogP contribution is -2.36. The number of hydrogen-bond donors (Lipinski definition) is 2. The number of rotatable bonds is 10. The molecule has 1 aliphatic rings. The Morgan fingerprint density at radius 2 is 1.81 bits per heavy atom. The monoisotopic (exact) mass is 444 g/mol. The zero-order valence-corrected chi connectivity index (χ0v) is 18.5. The van der Waals surface area contributed by atoms with Crippen molar-refractivity contribution in [3.05, 3.63) is 65.7 Å². The van der Waals surface area contributed by atoms with Crippen molar-refractivity contribution in [3.8, 4) is 11.5 Å². The number of aliphatic imine (C=N–C) groups is 1. The van der Waals surface area contributed by atoms with E-state index in [4.69, 9.17) is 9.47 Å². The molecule has 0 radical (unpaired) electrons. The van der Waals surface area contributed by atoms with Gasteiger partial charge < -0.3 is 25.0 Å². The molecule has 0 bridgehead atoms. The topological polar surface area (TPSA) is 58.1 Å². The molecule has 0 amide bonds. The lowest BCUT2D eigenvalue weighted by Gasteiger charge is -2.18. The molecular weight excluding hydrogens is 414 g/mol. The molecular formula is C24H30F2N4O2. The highest BCUT2D eigenvalue weighted by Gasteiger charge is 2.16. The van der Waals surface area contributed by atoms with Gasteiger partial charge in [-0.3, -0.25) is 0 Å². The van der Waals surface area contributed by atoms with Gasteiger partial charge in [-0.15, -0.1) is 0 Å². The molecule has 6 nitrogen and oxygen atoms in total. The minimum atomic E-state index is -2.93. The Morgan fingerprint density at radius 3 is 2.47 bits per heavy atom. The van der Waals surface area contributed by atoms with Crippen molar-refractivity contribution < 1.29 is 18.3 Å². The quantitative estimate of drug-likeness (QED) is 0.325. The molecule has 0 aromatic heterocycles. The number of anilines is 1. The van der Waals surface area contributed by atoms with Crippen LogP contribution in [0, 0.1) is 0 Å². The molecule has 0 fully saturated rings. The lowest BCUT2D eigenvalue weighted by molar-refractivity contribution is -0.0520. The predicted octanol–water partition coefficient (Wildman–Crippen LogP) is 4.32. The van der Waals surface area contributed by atoms with Crippen LogP contribution in [0.5, 0.6) is 11.5 Å². The van der Waals surface area contributed by atoms with E-state index in [2.05, 4.69) is 56.9 Å². The number of guanidine groups is 1. The Hall–Kier alpha value is -3.29. The fourth-order valence-corrected chi connectivity index (χ4v) is 3.38. The Labute approximate surface area is 187 Å². The van der Waals surface area contributed by atoms with E-state index < -0.39 is 6.61 Å². The zero-order valence-electron chi connectivity index (χ0n) is 18.5. The Morgan fingerprint density at radius 1 is 1.06 bits per heavy atom. The van der Waals surface area contributed by atoms with Crippen LogP contribution in [0.4, 0.5) is 14.5 Å². The molecule has 2 aromatic rings. The van der Waals surface area contributed by atoms with Crippen LogP contribution in [0.1, 0.15) is 25.0 Å². The second kappa shape index (κ2) is 11.9. The summed E-state index contributed by atoms with van der Waals surface area (Å²) in [7, 11) is 0. The SMILES string of the molecule is CCNC(=NCc1ccc(N2CC=CC2)cc1)NCc1cccc(OCC)c1OC(F)F. The summed E-state index contributed by atoms with van der Waals surface area (Å²) in [4.78, 5) is 6.91. The van der Waals surface area contributed by atoms with Crippen LogP contribution < -0.4 is 25.0 Å². The summed E-state index contributed by atoms with van der Waals surface area (Å²) in [5.74, 6) is 0.923. The fourth-order valence-electron chi connectivity index (χ4n) is 3.38. The summed E-state index contributed by atoms with van der Waals surface area (Å²) in [5, 5.41) is 6.37. The first-order chi connectivity index (χ1) is 15.6. The second-order valence-corrected chi connectivity index (χ2v) is 7.15. The third-order valence-electron chi connectivity index (χ3n) is 4.90. The molecule has 8 heteroatoms. The molecule has 1 aliphatic heterocycles. The molecule has 0 saturated heterocycles. The van der Waals surface area contributed by atoms with Gasteiger partial charge in [-0.25, -0.2) is 4.99 Å². The highest BCUT2D eigenvalue weighted by atomic mass is 19.3. The van der Waals surface area contributed by atoms with Gasteiger partial charge in [0.15, 0.2) is 17.5 Å². The van der Waals surface area contributed by atoms with Crippen LogP contribution in [0.25, 0.3) is 0 Å². The van der Waals surface area contributed by atoms with E-state index in [1.165, 1.54) is 5.69 Å². The maximum atomic E-state index is 12.9. The highest BCUT2D eigenvalue weighted by molar-refractivity contribution is 5.79. The molecule has 0 spiro atoms. The number of hydrogen-bond acceptors (Lipinski definition) is 4. The van der Waals surface area contributed by atoms with E-state index in [-0.39, 0.29) is 12.3 Å². The molecule has 0 aliphatic carbocycles. The summed E-state index contributed by atoms with van der Waals surface area (Å²) in [6, 6.07) is 13.4. The van der Waals surface area contributed by atoms with Crippen molar-refractivity contribution >= 4 is 11.6 Å². The smallest absolute Gasteiger partial charge is 0.387 e. The van der Waals surface area contributed by atoms with Gasteiger partial charge >= 0.3 is 6.61 Å². The second-order valence-electron chi connectivity index (χ2n) is 7.15. The number of ether oxygens (including phenoxy) is 2. The molecule has 172 valence electrons. The van der Waals surface area contributed by atoms with E-state index in [0.29, 0.717) is 37.0 Å². The van der Waals surface area contributed by atoms with Crippen LogP contribution in [0.3, 0.4) is 0 Å². The van der Waals surface area contributed by atoms with Gasteiger partial charge in [0, 0.05) is 37.4 Å². The fraction of sp³-hybridized carbons (Fsp3) is 0.375. The van der Waals surface area contributed by atoms with Crippen molar-refractivity contribution in [2.45, 2.75) is 33.5 Å². The van der Waals surface area contributed by atoms with Gasteiger partial charge in [0.05, 0.1) is 13.2 Å². The maximum Gasteiger partial charge on any atom is 0.387 e. The largest absolute Gasteiger partial charge is 0.490 e. The summed E-state index contributed by atoms with van der Waals surface area (Å²) in [6.45, 7) is 4.49. The van der Waals surface area contributed by atoms with Crippen LogP contribution in [-0.4, -0.2) is 38.8 Å². The summed E-state index contributed by atoms with van der Waals surface area (Å²) in [6.07, 6.45) is 4.32. The minimum absolute atomic E-state index is 0.0414. The average molecular weight is 445 g/mol. The number of nitrogens with zero attached hydrogens (tertiary/aromatic N) is 2. The highest BCUT2D eigenvalue weighted by Crippen LogP contribution is 2.32. The number of nitrogens with one attached hydrogen (secondary N) is 2. The van der Waals surface area contributed by atoms with E-state index in [0.717, 1.165) is 18.7 Å². The summed E-state index contributed by atoms with van der Waals surface area (Å²) < 4.78 is 36.1. The molecule has 3 rings (SSSR count). The van der Waals surface area contributed by atoms with Gasteiger partial charge in [0.2, 0.25) is 0 Å². The Kier molecular flexibility index (Phi) is 8.71. The molecule has 2 aromatic carbocycles. The first-order valence-electron chi connectivity index (χ1n) is 10.8. The number of para-hydroxylation sites is 1. The number of halogens is 2. The standard InChI is InChI=1S/C24H30F2N4O2/c1-3-27-24(28-16-18-10-12-20(13-11-18)30-14-5-6-15-30)29-17-19-8-7-9-21(31-4-2)22(19)32-23(25)26/h5-13,23H,3-4,14-17H2,1-2H3,(H2,27,28,29). The molecule has 1 heterocycles. The van der Waals surface area contributed by atoms with E-state index in [9.17, 15) is 8.78 Å². The molecule has 32 heavy (non-hydrogen) atoms. The van der Waals surface area contributed by atoms with Gasteiger partial charge in [-0.2, -0.15) is 8.78 Å². The Balaban J connectivity index is 1.66. The minimum Gasteiger partial charge on any atom is -0.490 e. The van der Waals surface area contributed by atoms with Gasteiger partial charge in [0.25, 0.3) is 0 Å². The zero-order chi connectivity index (χ0) is 22.8. The number of benzene rings is 2. The predicted molar refractivity (Wildman–Crippen MR) is 124 cm³/mol. The average Bonchev–Trinajstić information content (AvgIpc) is 3.32. The van der Waals surface area contributed by atoms with Crippen molar-refractivity contribution in [1.29, 1.82) is 0 Å². The van der Waals surface area contributed by atoms with Gasteiger partial charge in [-0.05, 0) is 37.6 Å². The first-order valence-corrected chi connectivity index (χ1v) is 10.8. The van der Waals surface area contributed by atoms with E-state index in [1.807, 2.05) is 6.92 Å². The molecule has 0 atom stereocenters. The number of alkyl halides is 2. The van der Waals surface area contributed by atoms with Crippen molar-refractivity contribution in [2.75, 3.05) is 31.1 Å². The summed E-state index contributed by atoms with van der Waals surface area (Å²) in [5.41, 5.74) is 2.83. The van der Waals surface area contributed by atoms with Gasteiger partial charge in [0.1, 0.15) is 0 Å². The van der Waals surface area contributed by atoms with Crippen molar-refractivity contribution in [3.63, 3.8) is 0 Å². The van der Waals surface area contributed by atoms with Crippen LogP contribution >= 0.6 is 0 Å². The Bertz CT molecular complexity index is 909. The third-order valence-corrected chi connectivity index (χ3v) is 4.90. The molecule has 0 saturated carbocycles. The van der Waals surface area contributed by atoms with E-state index in [1.54, 1.807) is 25.1 Å². The molecule has 2 N–H and O–H groups in total. The lowest BCUT2D eigenvalue weighted by atomic mass is 10.2. The van der Waals surface area contributed by atoms with Crippen LogP contribution in [0.2, 0.25) is 0 Å². The van der Waals surface area contributed by atoms with E-state index >= 15 is 0 Å². The van der Waals surface area contributed by atoms with Crippen LogP contribution in [-0.2, 0) is 13.1 Å². The van der Waals surface area contributed by atoms with Gasteiger partial charge in [-0.1, -0.05) is 36.4 Å². The molecule has 0 unspecified atom stereocenters. The summed E-state index contributed by atoms with van der Waals surface area (Å²) >= 11 is 0. The normalized spacial score (nSPS) is 13.5. The van der Waals surface area contributed by atoms with Crippen LogP contribution in [0.15, 0.2) is 59.6 Å². The first kappa shape index (κ1) is 23.4. The maximum absolute atomic E-state index is 12.9. The van der Waals surface area contributed by atoms with Crippen molar-refractivity contribution in [2.24, 2.45) is 4.99 Å². The van der Waals surface area contributed by atoms with Crippen molar-refractivity contribution in [1.82, 2.24) is 10.6 Å². The third kappa shape index (κ3) is 6.60.